The van der Waals surface area contributed by atoms with E-state index in [9.17, 15) is 9.59 Å². The molecule has 1 aromatic carbocycles. The van der Waals surface area contributed by atoms with Gasteiger partial charge in [-0.25, -0.2) is 0 Å². The molecule has 5 fully saturated rings. The topological polar surface area (TPSA) is 43.9 Å². The number of nitrogens with zero attached hydrogens (tertiary/aromatic N) is 3. The van der Waals surface area contributed by atoms with Crippen LogP contribution in [0.15, 0.2) is 24.3 Å². The lowest BCUT2D eigenvalue weighted by Crippen LogP contribution is -2.58. The first-order valence-electron chi connectivity index (χ1n) is 11.3. The molecule has 0 radical (unpaired) electrons. The Kier molecular flexibility index (Phi) is 4.60. The van der Waals surface area contributed by atoms with Crippen LogP contribution in [-0.2, 0) is 4.79 Å². The molecule has 4 bridgehead atoms. The van der Waals surface area contributed by atoms with Crippen molar-refractivity contribution in [2.24, 2.45) is 23.2 Å². The highest BCUT2D eigenvalue weighted by Gasteiger charge is 2.55. The Hall–Kier alpha value is -2.04. The zero-order chi connectivity index (χ0) is 20.2. The summed E-state index contributed by atoms with van der Waals surface area (Å²) in [4.78, 5) is 32.4. The van der Waals surface area contributed by atoms with Crippen LogP contribution in [-0.4, -0.2) is 61.9 Å². The highest BCUT2D eigenvalue weighted by Crippen LogP contribution is 2.60. The summed E-state index contributed by atoms with van der Waals surface area (Å²) in [7, 11) is 3.99. The molecule has 1 heterocycles. The third-order valence-electron chi connectivity index (χ3n) is 7.98. The summed E-state index contributed by atoms with van der Waals surface area (Å²) < 4.78 is 0. The average molecular weight is 396 g/mol. The summed E-state index contributed by atoms with van der Waals surface area (Å²) in [5.41, 5.74) is 1.76. The normalized spacial score (nSPS) is 33.1. The molecule has 156 valence electrons. The molecule has 1 aliphatic heterocycles. The number of anilines is 1. The Bertz CT molecular complexity index is 758. The van der Waals surface area contributed by atoms with Gasteiger partial charge in [0.2, 0.25) is 5.91 Å². The van der Waals surface area contributed by atoms with Crippen LogP contribution >= 0.6 is 0 Å². The highest BCUT2D eigenvalue weighted by atomic mass is 16.2. The Labute approximate surface area is 174 Å². The quantitative estimate of drug-likeness (QED) is 0.789. The van der Waals surface area contributed by atoms with Gasteiger partial charge in [-0.2, -0.15) is 0 Å². The third kappa shape index (κ3) is 3.32. The molecule has 5 nitrogen and oxygen atoms in total. The molecular weight excluding hydrogens is 362 g/mol. The summed E-state index contributed by atoms with van der Waals surface area (Å²) in [6, 6.07) is 7.79. The van der Waals surface area contributed by atoms with Crippen molar-refractivity contribution in [1.82, 2.24) is 9.80 Å². The van der Waals surface area contributed by atoms with Crippen molar-refractivity contribution in [3.8, 4) is 0 Å². The summed E-state index contributed by atoms with van der Waals surface area (Å²) >= 11 is 0. The lowest BCUT2D eigenvalue weighted by Gasteiger charge is -2.57. The van der Waals surface area contributed by atoms with Crippen molar-refractivity contribution < 1.29 is 9.59 Å². The molecule has 0 N–H and O–H groups in total. The molecule has 2 amide bonds. The largest absolute Gasteiger partial charge is 0.378 e. The first kappa shape index (κ1) is 19.0. The van der Waals surface area contributed by atoms with Gasteiger partial charge >= 0.3 is 0 Å². The molecule has 29 heavy (non-hydrogen) atoms. The van der Waals surface area contributed by atoms with Gasteiger partial charge in [0, 0.05) is 51.5 Å². The van der Waals surface area contributed by atoms with Crippen LogP contribution in [0, 0.1) is 23.2 Å². The summed E-state index contributed by atoms with van der Waals surface area (Å²) in [5.74, 6) is 2.85. The Morgan fingerprint density at radius 3 is 1.79 bits per heavy atom. The molecule has 1 saturated heterocycles. The van der Waals surface area contributed by atoms with Gasteiger partial charge < -0.3 is 14.7 Å². The zero-order valence-electron chi connectivity index (χ0n) is 17.8. The molecule has 0 spiro atoms. The van der Waals surface area contributed by atoms with E-state index in [0.717, 1.165) is 48.3 Å². The van der Waals surface area contributed by atoms with Crippen LogP contribution in [0.5, 0.6) is 0 Å². The van der Waals surface area contributed by atoms with Gasteiger partial charge in [0.25, 0.3) is 5.91 Å². The van der Waals surface area contributed by atoms with Crippen molar-refractivity contribution >= 4 is 17.5 Å². The molecule has 4 saturated carbocycles. The molecule has 0 atom stereocenters. The first-order chi connectivity index (χ1) is 13.9. The second-order valence-electron chi connectivity index (χ2n) is 10.2. The fraction of sp³-hybridized carbons (Fsp3) is 0.667. The van der Waals surface area contributed by atoms with E-state index >= 15 is 0 Å². The molecule has 5 heteroatoms. The standard InChI is InChI=1S/C24H33N3O2/c1-25(2)21-5-3-20(4-6-21)22(28)26-7-9-27(10-8-26)23(29)24-14-17-11-18(15-24)13-19(12-17)16-24/h3-6,17-19H,7-16H2,1-2H3. The predicted molar refractivity (Wildman–Crippen MR) is 114 cm³/mol. The summed E-state index contributed by atoms with van der Waals surface area (Å²) in [6.45, 7) is 2.66. The van der Waals surface area contributed by atoms with Crippen LogP contribution in [0.4, 0.5) is 5.69 Å². The predicted octanol–water partition coefficient (Wildman–Crippen LogP) is 3.25. The summed E-state index contributed by atoms with van der Waals surface area (Å²) in [5, 5.41) is 0. The van der Waals surface area contributed by atoms with Gasteiger partial charge in [0.1, 0.15) is 0 Å². The highest BCUT2D eigenvalue weighted by molar-refractivity contribution is 5.95. The lowest BCUT2D eigenvalue weighted by molar-refractivity contribution is -0.159. The van der Waals surface area contributed by atoms with Crippen molar-refractivity contribution in [2.75, 3.05) is 45.2 Å². The maximum atomic E-state index is 13.5. The van der Waals surface area contributed by atoms with Gasteiger partial charge in [-0.1, -0.05) is 0 Å². The molecular formula is C24H33N3O2. The number of hydrogen-bond donors (Lipinski definition) is 0. The number of carbonyl (C=O) groups excluding carboxylic acids is 2. The van der Waals surface area contributed by atoms with E-state index in [1.165, 1.54) is 19.3 Å². The van der Waals surface area contributed by atoms with E-state index < -0.39 is 0 Å². The van der Waals surface area contributed by atoms with Crippen molar-refractivity contribution in [3.63, 3.8) is 0 Å². The van der Waals surface area contributed by atoms with Crippen molar-refractivity contribution in [3.05, 3.63) is 29.8 Å². The first-order valence-corrected chi connectivity index (χ1v) is 11.3. The van der Waals surface area contributed by atoms with Crippen LogP contribution < -0.4 is 4.90 Å². The Morgan fingerprint density at radius 2 is 1.31 bits per heavy atom. The van der Waals surface area contributed by atoms with Crippen LogP contribution in [0.2, 0.25) is 0 Å². The van der Waals surface area contributed by atoms with Crippen LogP contribution in [0.3, 0.4) is 0 Å². The molecule has 1 aromatic rings. The van der Waals surface area contributed by atoms with E-state index in [0.29, 0.717) is 32.1 Å². The van der Waals surface area contributed by atoms with Gasteiger partial charge in [-0.05, 0) is 80.5 Å². The van der Waals surface area contributed by atoms with Gasteiger partial charge in [-0.15, -0.1) is 0 Å². The number of rotatable bonds is 3. The minimum Gasteiger partial charge on any atom is -0.378 e. The van der Waals surface area contributed by atoms with E-state index in [1.807, 2.05) is 48.2 Å². The van der Waals surface area contributed by atoms with Gasteiger partial charge in [0.05, 0.1) is 5.41 Å². The molecule has 4 aliphatic carbocycles. The fourth-order valence-electron chi connectivity index (χ4n) is 6.91. The van der Waals surface area contributed by atoms with Gasteiger partial charge in [-0.3, -0.25) is 9.59 Å². The maximum absolute atomic E-state index is 13.5. The number of carbonyl (C=O) groups is 2. The third-order valence-corrected chi connectivity index (χ3v) is 7.98. The van der Waals surface area contributed by atoms with E-state index in [4.69, 9.17) is 0 Å². The van der Waals surface area contributed by atoms with Crippen molar-refractivity contribution in [2.45, 2.75) is 38.5 Å². The van der Waals surface area contributed by atoms with E-state index in [2.05, 4.69) is 4.90 Å². The lowest BCUT2D eigenvalue weighted by atomic mass is 9.49. The smallest absolute Gasteiger partial charge is 0.253 e. The van der Waals surface area contributed by atoms with Crippen LogP contribution in [0.1, 0.15) is 48.9 Å². The number of benzene rings is 1. The molecule has 5 aliphatic rings. The number of amides is 2. The zero-order valence-corrected chi connectivity index (χ0v) is 17.8. The minimum atomic E-state index is -0.0665. The van der Waals surface area contributed by atoms with Crippen molar-refractivity contribution in [1.29, 1.82) is 0 Å². The fourth-order valence-corrected chi connectivity index (χ4v) is 6.91. The van der Waals surface area contributed by atoms with E-state index in [-0.39, 0.29) is 11.3 Å². The second-order valence-corrected chi connectivity index (χ2v) is 10.2. The monoisotopic (exact) mass is 395 g/mol. The van der Waals surface area contributed by atoms with E-state index in [1.54, 1.807) is 0 Å². The number of piperazine rings is 1. The Morgan fingerprint density at radius 1 is 0.828 bits per heavy atom. The average Bonchev–Trinajstić information content (AvgIpc) is 2.72. The summed E-state index contributed by atoms with van der Waals surface area (Å²) in [6.07, 6.45) is 7.45. The SMILES string of the molecule is CN(C)c1ccc(C(=O)N2CCN(C(=O)C34CC5CC(CC(C5)C3)C4)CC2)cc1. The second kappa shape index (κ2) is 7.03. The Balaban J connectivity index is 1.21. The van der Waals surface area contributed by atoms with Crippen LogP contribution in [0.25, 0.3) is 0 Å². The minimum absolute atomic E-state index is 0.0665. The number of hydrogen-bond acceptors (Lipinski definition) is 3. The molecule has 0 aromatic heterocycles. The van der Waals surface area contributed by atoms with Gasteiger partial charge in [0.15, 0.2) is 0 Å². The maximum Gasteiger partial charge on any atom is 0.253 e. The molecule has 0 unspecified atom stereocenters. The molecule has 6 rings (SSSR count).